The summed E-state index contributed by atoms with van der Waals surface area (Å²) in [5.41, 5.74) is 11.0. The second-order valence-electron chi connectivity index (χ2n) is 12.9. The number of carboxylic acid groups (broad SMARTS) is 1. The van der Waals surface area contributed by atoms with Gasteiger partial charge in [-0.15, -0.1) is 0 Å². The minimum Gasteiger partial charge on any atom is -0.481 e. The van der Waals surface area contributed by atoms with Crippen LogP contribution in [0.3, 0.4) is 0 Å². The number of carbonyl (C=O) groups excluding carboxylic acids is 1. The fraction of sp³-hybridized carbons (Fsp3) is 0.200. The number of ketones is 1. The van der Waals surface area contributed by atoms with Gasteiger partial charge in [-0.05, 0) is 113 Å². The van der Waals surface area contributed by atoms with Gasteiger partial charge < -0.3 is 10.2 Å². The Kier molecular flexibility index (Phi) is 16.3. The van der Waals surface area contributed by atoms with E-state index in [0.29, 0.717) is 12.8 Å². The number of carboxylic acids is 1. The average molecular weight is 1040 g/mol. The summed E-state index contributed by atoms with van der Waals surface area (Å²) >= 11 is 17.2. The van der Waals surface area contributed by atoms with E-state index >= 15 is 0 Å². The second kappa shape index (κ2) is 20.8. The molecule has 0 spiro atoms. The summed E-state index contributed by atoms with van der Waals surface area (Å²) in [5, 5.41) is 17.9. The fourth-order valence-electron chi connectivity index (χ4n) is 6.48. The van der Waals surface area contributed by atoms with Gasteiger partial charge in [-0.1, -0.05) is 171 Å². The van der Waals surface area contributed by atoms with Gasteiger partial charge in [0.15, 0.2) is 5.78 Å². The number of Topliss-reactive ketones (excluding diaryl/α,β-unsaturated/α-hetero) is 1. The molecule has 0 aromatic heterocycles. The van der Waals surface area contributed by atoms with Gasteiger partial charge in [0.05, 0.1) is 6.10 Å². The zero-order valence-electron chi connectivity index (χ0n) is 29.4. The molecule has 0 bridgehead atoms. The lowest BCUT2D eigenvalue weighted by Crippen LogP contribution is -1.97. The summed E-state index contributed by atoms with van der Waals surface area (Å²) in [7, 11) is 0. The van der Waals surface area contributed by atoms with E-state index in [9.17, 15) is 14.7 Å². The van der Waals surface area contributed by atoms with E-state index in [0.717, 1.165) is 62.2 Å². The SMILES string of the molecule is Brc1cccc2c1C=CC2.Brc1cccc2c1CC=C2.O=C(O)CCc1ccccc1Br.O=C1CCc2c(Br)cccc21.OC1CCc2c(Br)cccc21. The smallest absolute Gasteiger partial charge is 0.303 e. The quantitative estimate of drug-likeness (QED) is 0.189. The first kappa shape index (κ1) is 42.2. The summed E-state index contributed by atoms with van der Waals surface area (Å²) in [6.07, 6.45) is 14.9. The maximum atomic E-state index is 11.2. The largest absolute Gasteiger partial charge is 0.481 e. The van der Waals surface area contributed by atoms with Crippen molar-refractivity contribution in [3.63, 3.8) is 0 Å². The van der Waals surface area contributed by atoms with Crippen molar-refractivity contribution in [2.75, 3.05) is 0 Å². The van der Waals surface area contributed by atoms with Gasteiger partial charge in [0.25, 0.3) is 0 Å². The number of aliphatic hydroxyl groups excluding tert-OH is 1. The van der Waals surface area contributed by atoms with Crippen molar-refractivity contribution in [1.82, 2.24) is 0 Å². The van der Waals surface area contributed by atoms with Crippen molar-refractivity contribution in [2.45, 2.75) is 57.5 Å². The molecule has 1 unspecified atom stereocenters. The number of aliphatic hydroxyl groups is 1. The number of hydrogen-bond acceptors (Lipinski definition) is 3. The number of carbonyl (C=O) groups is 2. The lowest BCUT2D eigenvalue weighted by atomic mass is 10.1. The highest BCUT2D eigenvalue weighted by atomic mass is 79.9. The maximum absolute atomic E-state index is 11.2. The van der Waals surface area contributed by atoms with Crippen LogP contribution in [-0.4, -0.2) is 22.0 Å². The zero-order valence-corrected chi connectivity index (χ0v) is 37.3. The molecule has 5 aromatic carbocycles. The molecule has 0 radical (unpaired) electrons. The Hall–Kier alpha value is -2.92. The first-order chi connectivity index (χ1) is 26.0. The molecule has 0 heterocycles. The maximum Gasteiger partial charge on any atom is 0.303 e. The predicted octanol–water partition coefficient (Wildman–Crippen LogP) is 13.5. The Bertz CT molecular complexity index is 2170. The summed E-state index contributed by atoms with van der Waals surface area (Å²) in [6.45, 7) is 0. The Morgan fingerprint density at radius 2 is 1.26 bits per heavy atom. The summed E-state index contributed by atoms with van der Waals surface area (Å²) in [5.74, 6) is -0.480. The van der Waals surface area contributed by atoms with Crippen molar-refractivity contribution in [2.24, 2.45) is 0 Å². The Labute approximate surface area is 359 Å². The third-order valence-corrected chi connectivity index (χ3v) is 13.0. The molecule has 0 amide bonds. The molecule has 5 aromatic rings. The molecular formula is C45H39Br5O4. The van der Waals surface area contributed by atoms with Crippen LogP contribution in [0.25, 0.3) is 12.2 Å². The van der Waals surface area contributed by atoms with Crippen LogP contribution in [0.1, 0.15) is 80.2 Å². The van der Waals surface area contributed by atoms with E-state index in [1.54, 1.807) is 0 Å². The van der Waals surface area contributed by atoms with Gasteiger partial charge in [-0.2, -0.15) is 0 Å². The van der Waals surface area contributed by atoms with Crippen LogP contribution in [0.15, 0.2) is 132 Å². The van der Waals surface area contributed by atoms with E-state index in [1.165, 1.54) is 42.3 Å². The van der Waals surface area contributed by atoms with E-state index < -0.39 is 5.97 Å². The van der Waals surface area contributed by atoms with E-state index in [-0.39, 0.29) is 18.3 Å². The summed E-state index contributed by atoms with van der Waals surface area (Å²) in [6, 6.07) is 32.1. The minimum absolute atomic E-state index is 0.183. The molecule has 0 aliphatic heterocycles. The molecule has 0 saturated carbocycles. The molecule has 4 aliphatic rings. The van der Waals surface area contributed by atoms with Crippen LogP contribution in [0.4, 0.5) is 0 Å². The monoisotopic (exact) mass is 1040 g/mol. The van der Waals surface area contributed by atoms with Crippen LogP contribution >= 0.6 is 79.6 Å². The molecule has 9 rings (SSSR count). The first-order valence-corrected chi connectivity index (χ1v) is 21.6. The van der Waals surface area contributed by atoms with Gasteiger partial charge in [-0.3, -0.25) is 9.59 Å². The van der Waals surface area contributed by atoms with Gasteiger partial charge in [-0.25, -0.2) is 0 Å². The fourth-order valence-corrected chi connectivity index (χ4v) is 9.19. The Morgan fingerprint density at radius 1 is 0.630 bits per heavy atom. The highest BCUT2D eigenvalue weighted by Gasteiger charge is 2.21. The van der Waals surface area contributed by atoms with Crippen molar-refractivity contribution in [3.8, 4) is 0 Å². The zero-order chi connectivity index (χ0) is 38.6. The van der Waals surface area contributed by atoms with Crippen LogP contribution < -0.4 is 0 Å². The highest BCUT2D eigenvalue weighted by molar-refractivity contribution is 9.11. The van der Waals surface area contributed by atoms with E-state index in [2.05, 4.69) is 140 Å². The van der Waals surface area contributed by atoms with Crippen LogP contribution in [0, 0.1) is 0 Å². The summed E-state index contributed by atoms with van der Waals surface area (Å²) < 4.78 is 5.62. The Morgan fingerprint density at radius 3 is 1.94 bits per heavy atom. The Balaban J connectivity index is 0.000000130. The molecule has 2 N–H and O–H groups in total. The minimum atomic E-state index is -0.759. The lowest BCUT2D eigenvalue weighted by Gasteiger charge is -2.03. The number of aryl methyl sites for hydroxylation is 1. The van der Waals surface area contributed by atoms with E-state index in [4.69, 9.17) is 5.11 Å². The standard InChI is InChI=1S/C9H9BrO2.C9H9BrO.C9H7BrO.2C9H7Br/c10-8-4-2-1-3-7(8)5-6-9(11)12;2*10-8-3-1-2-7-6(8)4-5-9(7)11;2*10-9-6-2-4-7-3-1-5-8(7)9/h1-4H,5-6H2,(H,11,12);1-3,9,11H,4-5H2;1-3H,4-5H2;1-2,4-6H,3H2;1-4,6H,5H2. The molecule has 278 valence electrons. The van der Waals surface area contributed by atoms with Crippen molar-refractivity contribution >= 4 is 104 Å². The second-order valence-corrected chi connectivity index (χ2v) is 17.1. The molecule has 9 heteroatoms. The van der Waals surface area contributed by atoms with Crippen LogP contribution in [0.2, 0.25) is 0 Å². The van der Waals surface area contributed by atoms with Crippen molar-refractivity contribution < 1.29 is 19.8 Å². The molecular weight excluding hydrogens is 1000 g/mol. The molecule has 4 nitrogen and oxygen atoms in total. The van der Waals surface area contributed by atoms with Gasteiger partial charge in [0.2, 0.25) is 0 Å². The summed E-state index contributed by atoms with van der Waals surface area (Å²) in [4.78, 5) is 21.5. The number of allylic oxidation sites excluding steroid dienone is 2. The topological polar surface area (TPSA) is 74.6 Å². The first-order valence-electron chi connectivity index (χ1n) is 17.6. The van der Waals surface area contributed by atoms with Gasteiger partial charge >= 0.3 is 5.97 Å². The molecule has 4 aliphatic carbocycles. The average Bonchev–Trinajstić information content (AvgIpc) is 3.99. The molecule has 1 atom stereocenters. The van der Waals surface area contributed by atoms with Gasteiger partial charge in [0.1, 0.15) is 0 Å². The molecule has 54 heavy (non-hydrogen) atoms. The number of benzene rings is 5. The predicted molar refractivity (Wildman–Crippen MR) is 238 cm³/mol. The lowest BCUT2D eigenvalue weighted by molar-refractivity contribution is -0.136. The van der Waals surface area contributed by atoms with Crippen molar-refractivity contribution in [3.05, 3.63) is 182 Å². The molecule has 0 fully saturated rings. The van der Waals surface area contributed by atoms with Crippen LogP contribution in [0.5, 0.6) is 0 Å². The number of halogens is 5. The number of hydrogen-bond donors (Lipinski definition) is 2. The molecule has 0 saturated heterocycles. The number of rotatable bonds is 3. The normalized spacial score (nSPS) is 14.8. The van der Waals surface area contributed by atoms with Gasteiger partial charge in [0, 0.05) is 40.8 Å². The number of fused-ring (bicyclic) bond motifs is 4. The third kappa shape index (κ3) is 11.6. The van der Waals surface area contributed by atoms with E-state index in [1.807, 2.05) is 60.7 Å². The third-order valence-electron chi connectivity index (χ3n) is 9.31. The number of aliphatic carboxylic acids is 1. The van der Waals surface area contributed by atoms with Crippen LogP contribution in [-0.2, 0) is 36.9 Å². The van der Waals surface area contributed by atoms with Crippen molar-refractivity contribution in [1.29, 1.82) is 0 Å². The highest BCUT2D eigenvalue weighted by Crippen LogP contribution is 2.35.